The quantitative estimate of drug-likeness (QED) is 0.572. The van der Waals surface area contributed by atoms with E-state index >= 15 is 0 Å². The SMILES string of the molecule is COc1ccc(C)cc1C(=O)COCC(F)(F)C(F)F. The second kappa shape index (κ2) is 6.69. The van der Waals surface area contributed by atoms with Gasteiger partial charge in [-0.2, -0.15) is 8.78 Å². The third kappa shape index (κ3) is 4.19. The van der Waals surface area contributed by atoms with Crippen LogP contribution in [0.15, 0.2) is 18.2 Å². The topological polar surface area (TPSA) is 35.5 Å². The molecule has 0 atom stereocenters. The molecule has 0 radical (unpaired) electrons. The molecular weight excluding hydrogens is 280 g/mol. The summed E-state index contributed by atoms with van der Waals surface area (Å²) in [5.41, 5.74) is 0.930. The fraction of sp³-hybridized carbons (Fsp3) is 0.462. The monoisotopic (exact) mass is 294 g/mol. The van der Waals surface area contributed by atoms with Crippen LogP contribution < -0.4 is 4.74 Å². The van der Waals surface area contributed by atoms with E-state index in [4.69, 9.17) is 4.74 Å². The van der Waals surface area contributed by atoms with E-state index in [2.05, 4.69) is 4.74 Å². The van der Waals surface area contributed by atoms with Gasteiger partial charge < -0.3 is 9.47 Å². The van der Waals surface area contributed by atoms with Crippen molar-refractivity contribution in [2.24, 2.45) is 0 Å². The second-order valence-corrected chi connectivity index (χ2v) is 4.18. The number of methoxy groups -OCH3 is 1. The molecule has 1 aromatic rings. The minimum Gasteiger partial charge on any atom is -0.496 e. The molecule has 0 aliphatic heterocycles. The molecule has 3 nitrogen and oxygen atoms in total. The number of ether oxygens (including phenoxy) is 2. The van der Waals surface area contributed by atoms with Crippen molar-refractivity contribution in [1.29, 1.82) is 0 Å². The number of aryl methyl sites for hydroxylation is 1. The lowest BCUT2D eigenvalue weighted by Gasteiger charge is -2.15. The summed E-state index contributed by atoms with van der Waals surface area (Å²) in [6, 6.07) is 4.77. The van der Waals surface area contributed by atoms with Crippen LogP contribution in [0.5, 0.6) is 5.75 Å². The van der Waals surface area contributed by atoms with Gasteiger partial charge in [-0.1, -0.05) is 11.6 Å². The van der Waals surface area contributed by atoms with Crippen LogP contribution in [0, 0.1) is 6.92 Å². The molecule has 1 aromatic carbocycles. The van der Waals surface area contributed by atoms with Crippen LogP contribution in [0.25, 0.3) is 0 Å². The molecule has 0 spiro atoms. The molecule has 0 unspecified atom stereocenters. The van der Waals surface area contributed by atoms with Gasteiger partial charge in [-0.05, 0) is 19.1 Å². The maximum Gasteiger partial charge on any atom is 0.330 e. The summed E-state index contributed by atoms with van der Waals surface area (Å²) in [6.45, 7) is -0.491. The Morgan fingerprint density at radius 3 is 2.55 bits per heavy atom. The van der Waals surface area contributed by atoms with E-state index in [1.807, 2.05) is 0 Å². The van der Waals surface area contributed by atoms with Gasteiger partial charge in [0.05, 0.1) is 12.7 Å². The Morgan fingerprint density at radius 2 is 2.00 bits per heavy atom. The first kappa shape index (κ1) is 16.4. The molecule has 0 aliphatic rings. The zero-order valence-corrected chi connectivity index (χ0v) is 11.0. The van der Waals surface area contributed by atoms with Crippen LogP contribution in [0.3, 0.4) is 0 Å². The third-order valence-electron chi connectivity index (χ3n) is 2.50. The summed E-state index contributed by atoms with van der Waals surface area (Å²) in [5, 5.41) is 0. The molecule has 112 valence electrons. The summed E-state index contributed by atoms with van der Waals surface area (Å²) < 4.78 is 58.3. The number of carbonyl (C=O) groups excluding carboxylic acids is 1. The number of halogens is 4. The minimum atomic E-state index is -4.27. The number of Topliss-reactive ketones (excluding diaryl/α,β-unsaturated/α-hetero) is 1. The van der Waals surface area contributed by atoms with Gasteiger partial charge >= 0.3 is 12.3 Å². The van der Waals surface area contributed by atoms with Crippen LogP contribution in [0.2, 0.25) is 0 Å². The normalized spacial score (nSPS) is 11.8. The highest BCUT2D eigenvalue weighted by atomic mass is 19.3. The molecule has 0 aliphatic carbocycles. The third-order valence-corrected chi connectivity index (χ3v) is 2.50. The van der Waals surface area contributed by atoms with E-state index in [0.717, 1.165) is 5.56 Å². The lowest BCUT2D eigenvalue weighted by atomic mass is 10.1. The second-order valence-electron chi connectivity index (χ2n) is 4.18. The molecule has 0 heterocycles. The number of ketones is 1. The van der Waals surface area contributed by atoms with Crippen LogP contribution in [-0.4, -0.2) is 38.5 Å². The van der Waals surface area contributed by atoms with Crippen molar-refractivity contribution in [3.05, 3.63) is 29.3 Å². The van der Waals surface area contributed by atoms with Gasteiger partial charge in [0.15, 0.2) is 5.78 Å². The first-order valence-corrected chi connectivity index (χ1v) is 5.69. The minimum absolute atomic E-state index is 0.160. The van der Waals surface area contributed by atoms with E-state index in [1.54, 1.807) is 19.1 Å². The smallest absolute Gasteiger partial charge is 0.330 e. The van der Waals surface area contributed by atoms with Gasteiger partial charge in [-0.3, -0.25) is 4.79 Å². The van der Waals surface area contributed by atoms with Crippen molar-refractivity contribution in [3.8, 4) is 5.75 Å². The van der Waals surface area contributed by atoms with E-state index in [0.29, 0.717) is 0 Å². The first-order valence-electron chi connectivity index (χ1n) is 5.69. The predicted octanol–water partition coefficient (Wildman–Crippen LogP) is 3.10. The van der Waals surface area contributed by atoms with Gasteiger partial charge in [0.1, 0.15) is 19.0 Å². The van der Waals surface area contributed by atoms with Crippen molar-refractivity contribution in [2.75, 3.05) is 20.3 Å². The fourth-order valence-electron chi connectivity index (χ4n) is 1.46. The number of hydrogen-bond donors (Lipinski definition) is 0. The molecule has 0 saturated carbocycles. The van der Waals surface area contributed by atoms with E-state index in [9.17, 15) is 22.4 Å². The van der Waals surface area contributed by atoms with Gasteiger partial charge in [0.2, 0.25) is 0 Å². The van der Waals surface area contributed by atoms with Gasteiger partial charge in [0, 0.05) is 0 Å². The molecule has 20 heavy (non-hydrogen) atoms. The fourth-order valence-corrected chi connectivity index (χ4v) is 1.46. The number of rotatable bonds is 7. The van der Waals surface area contributed by atoms with Crippen molar-refractivity contribution in [3.63, 3.8) is 0 Å². The summed E-state index contributed by atoms with van der Waals surface area (Å²) in [6.07, 6.45) is -3.83. The Balaban J connectivity index is 2.66. The van der Waals surface area contributed by atoms with Crippen molar-refractivity contribution in [1.82, 2.24) is 0 Å². The summed E-state index contributed by atoms with van der Waals surface area (Å²) in [7, 11) is 1.35. The zero-order chi connectivity index (χ0) is 15.3. The van der Waals surface area contributed by atoms with Gasteiger partial charge in [-0.15, -0.1) is 0 Å². The Hall–Kier alpha value is -1.63. The zero-order valence-electron chi connectivity index (χ0n) is 11.0. The lowest BCUT2D eigenvalue weighted by molar-refractivity contribution is -0.163. The maximum absolute atomic E-state index is 12.6. The van der Waals surface area contributed by atoms with Crippen LogP contribution in [0.4, 0.5) is 17.6 Å². The summed E-state index contributed by atoms with van der Waals surface area (Å²) in [5.74, 6) is -4.61. The Bertz CT molecular complexity index is 475. The van der Waals surface area contributed by atoms with E-state index in [-0.39, 0.29) is 11.3 Å². The molecule has 0 aromatic heterocycles. The molecule has 0 saturated heterocycles. The number of hydrogen-bond acceptors (Lipinski definition) is 3. The van der Waals surface area contributed by atoms with Crippen LogP contribution in [0.1, 0.15) is 15.9 Å². The average molecular weight is 294 g/mol. The molecule has 1 rings (SSSR count). The first-order chi connectivity index (χ1) is 9.27. The maximum atomic E-state index is 12.6. The lowest BCUT2D eigenvalue weighted by Crippen LogP contribution is -2.33. The van der Waals surface area contributed by atoms with Gasteiger partial charge in [-0.25, -0.2) is 8.78 Å². The predicted molar refractivity (Wildman–Crippen MR) is 63.8 cm³/mol. The largest absolute Gasteiger partial charge is 0.496 e. The summed E-state index contributed by atoms with van der Waals surface area (Å²) in [4.78, 5) is 11.8. The Labute approximate surface area is 113 Å². The summed E-state index contributed by atoms with van der Waals surface area (Å²) >= 11 is 0. The number of alkyl halides is 4. The Kier molecular flexibility index (Phi) is 5.50. The average Bonchev–Trinajstić information content (AvgIpc) is 2.38. The Morgan fingerprint density at radius 1 is 1.35 bits per heavy atom. The highest BCUT2D eigenvalue weighted by Gasteiger charge is 2.41. The van der Waals surface area contributed by atoms with E-state index in [1.165, 1.54) is 13.2 Å². The highest BCUT2D eigenvalue weighted by Crippen LogP contribution is 2.24. The standard InChI is InChI=1S/C13H14F4O3/c1-8-3-4-11(19-2)9(5-8)10(18)6-20-7-13(16,17)12(14)15/h3-5,12H,6-7H2,1-2H3. The molecule has 0 amide bonds. The molecule has 0 N–H and O–H groups in total. The van der Waals surface area contributed by atoms with Crippen LogP contribution in [-0.2, 0) is 4.74 Å². The molecular formula is C13H14F4O3. The number of carbonyl (C=O) groups is 1. The molecule has 0 bridgehead atoms. The van der Waals surface area contributed by atoms with Gasteiger partial charge in [0.25, 0.3) is 0 Å². The van der Waals surface area contributed by atoms with Crippen molar-refractivity contribution in [2.45, 2.75) is 19.3 Å². The number of benzene rings is 1. The molecule has 7 heteroatoms. The van der Waals surface area contributed by atoms with E-state index < -0.39 is 31.3 Å². The van der Waals surface area contributed by atoms with Crippen molar-refractivity contribution >= 4 is 5.78 Å². The highest BCUT2D eigenvalue weighted by molar-refractivity contribution is 5.99. The van der Waals surface area contributed by atoms with Crippen molar-refractivity contribution < 1.29 is 31.8 Å². The van der Waals surface area contributed by atoms with Crippen LogP contribution >= 0.6 is 0 Å². The molecule has 0 fully saturated rings.